The molecule has 1 heterocycles. The summed E-state index contributed by atoms with van der Waals surface area (Å²) in [6.45, 7) is 0. The van der Waals surface area contributed by atoms with Gasteiger partial charge in [0.05, 0.1) is 21.9 Å². The van der Waals surface area contributed by atoms with E-state index in [0.717, 1.165) is 32.9 Å². The lowest BCUT2D eigenvalue weighted by atomic mass is 10.2. The minimum atomic E-state index is 0.153. The number of hydrogen-bond donors (Lipinski definition) is 1. The van der Waals surface area contributed by atoms with Crippen molar-refractivity contribution in [3.8, 4) is 5.75 Å². The molecule has 100 valence electrons. The number of aromatic hydroxyl groups is 1. The molecule has 0 radical (unpaired) electrons. The molecule has 0 saturated heterocycles. The third-order valence-corrected chi connectivity index (χ3v) is 4.27. The van der Waals surface area contributed by atoms with Crippen molar-refractivity contribution in [1.82, 2.24) is 8.75 Å². The number of aliphatic imine (C=N–C) groups is 1. The molecule has 0 unspecified atom stereocenters. The molecule has 0 aliphatic carbocycles. The molecule has 0 atom stereocenters. The van der Waals surface area contributed by atoms with Gasteiger partial charge in [0, 0.05) is 16.3 Å². The van der Waals surface area contributed by atoms with Gasteiger partial charge in [0.1, 0.15) is 16.8 Å². The fourth-order valence-corrected chi connectivity index (χ4v) is 3.52. The zero-order valence-electron chi connectivity index (χ0n) is 9.92. The van der Waals surface area contributed by atoms with Gasteiger partial charge in [-0.1, -0.05) is 22.0 Å². The van der Waals surface area contributed by atoms with Gasteiger partial charge >= 0.3 is 0 Å². The lowest BCUT2D eigenvalue weighted by Gasteiger charge is -2.02. The maximum absolute atomic E-state index is 9.99. The van der Waals surface area contributed by atoms with Crippen molar-refractivity contribution in [2.75, 3.05) is 0 Å². The summed E-state index contributed by atoms with van der Waals surface area (Å²) in [5, 5.41) is 9.99. The second-order valence-electron chi connectivity index (χ2n) is 3.99. The Labute approximate surface area is 135 Å². The standard InChI is InChI=1S/C13H7Br2N3OS/c14-8-4-7(13(19)9(15)5-8)6-16-10-2-1-3-11-12(10)18-20-17-11/h1-6,19H/b16-6+. The molecule has 3 aromatic rings. The molecular formula is C13H7Br2N3OS. The third-order valence-electron chi connectivity index (χ3n) is 2.67. The van der Waals surface area contributed by atoms with Crippen LogP contribution in [0.2, 0.25) is 0 Å². The molecule has 7 heteroatoms. The summed E-state index contributed by atoms with van der Waals surface area (Å²) in [5.74, 6) is 0.153. The number of halogens is 2. The van der Waals surface area contributed by atoms with Gasteiger partial charge < -0.3 is 5.11 Å². The average Bonchev–Trinajstić information content (AvgIpc) is 2.90. The fraction of sp³-hybridized carbons (Fsp3) is 0. The van der Waals surface area contributed by atoms with Crippen molar-refractivity contribution in [2.24, 2.45) is 4.99 Å². The normalized spacial score (nSPS) is 11.5. The predicted molar refractivity (Wildman–Crippen MR) is 88.2 cm³/mol. The summed E-state index contributed by atoms with van der Waals surface area (Å²) in [6, 6.07) is 9.21. The van der Waals surface area contributed by atoms with Crippen molar-refractivity contribution in [1.29, 1.82) is 0 Å². The van der Waals surface area contributed by atoms with E-state index in [0.29, 0.717) is 10.0 Å². The number of benzene rings is 2. The molecule has 20 heavy (non-hydrogen) atoms. The summed E-state index contributed by atoms with van der Waals surface area (Å²) in [6.07, 6.45) is 1.61. The highest BCUT2D eigenvalue weighted by atomic mass is 79.9. The lowest BCUT2D eigenvalue weighted by Crippen LogP contribution is -1.84. The molecule has 1 N–H and O–H groups in total. The molecule has 4 nitrogen and oxygen atoms in total. The third kappa shape index (κ3) is 2.61. The molecule has 0 spiro atoms. The van der Waals surface area contributed by atoms with E-state index in [1.54, 1.807) is 18.3 Å². The van der Waals surface area contributed by atoms with Gasteiger partial charge in [-0.25, -0.2) is 0 Å². The van der Waals surface area contributed by atoms with Crippen LogP contribution in [-0.2, 0) is 0 Å². The van der Waals surface area contributed by atoms with E-state index in [4.69, 9.17) is 0 Å². The molecular weight excluding hydrogens is 406 g/mol. The Morgan fingerprint density at radius 1 is 1.20 bits per heavy atom. The first-order valence-electron chi connectivity index (χ1n) is 5.58. The van der Waals surface area contributed by atoms with Gasteiger partial charge in [-0.3, -0.25) is 4.99 Å². The van der Waals surface area contributed by atoms with Crippen molar-refractivity contribution in [3.05, 3.63) is 44.8 Å². The van der Waals surface area contributed by atoms with Crippen LogP contribution < -0.4 is 0 Å². The van der Waals surface area contributed by atoms with Crippen LogP contribution in [0.25, 0.3) is 11.0 Å². The monoisotopic (exact) mass is 411 g/mol. The van der Waals surface area contributed by atoms with Gasteiger partial charge in [0.2, 0.25) is 0 Å². The van der Waals surface area contributed by atoms with Crippen molar-refractivity contribution < 1.29 is 5.11 Å². The fourth-order valence-electron chi connectivity index (χ4n) is 1.72. The van der Waals surface area contributed by atoms with E-state index in [1.807, 2.05) is 18.2 Å². The van der Waals surface area contributed by atoms with Crippen LogP contribution >= 0.6 is 43.6 Å². The highest BCUT2D eigenvalue weighted by Crippen LogP contribution is 2.31. The molecule has 2 aromatic carbocycles. The largest absolute Gasteiger partial charge is 0.506 e. The van der Waals surface area contributed by atoms with E-state index in [1.165, 1.54) is 0 Å². The predicted octanol–water partition coefficient (Wildman–Crippen LogP) is 4.67. The average molecular weight is 413 g/mol. The summed E-state index contributed by atoms with van der Waals surface area (Å²) < 4.78 is 9.87. The topological polar surface area (TPSA) is 58.4 Å². The van der Waals surface area contributed by atoms with Gasteiger partial charge in [0.15, 0.2) is 0 Å². The van der Waals surface area contributed by atoms with E-state index in [2.05, 4.69) is 45.6 Å². The maximum atomic E-state index is 9.99. The number of nitrogens with zero attached hydrogens (tertiary/aromatic N) is 3. The lowest BCUT2D eigenvalue weighted by molar-refractivity contribution is 0.471. The minimum Gasteiger partial charge on any atom is -0.506 e. The quantitative estimate of drug-likeness (QED) is 0.622. The summed E-state index contributed by atoms with van der Waals surface area (Å²) >= 11 is 7.84. The van der Waals surface area contributed by atoms with Gasteiger partial charge in [-0.2, -0.15) is 8.75 Å². The Bertz CT molecular complexity index is 816. The number of phenolic OH excluding ortho intramolecular Hbond substituents is 1. The van der Waals surface area contributed by atoms with Crippen LogP contribution in [0.15, 0.2) is 44.3 Å². The molecule has 0 fully saturated rings. The molecule has 0 saturated carbocycles. The van der Waals surface area contributed by atoms with Crippen LogP contribution in [0.4, 0.5) is 5.69 Å². The number of hydrogen-bond acceptors (Lipinski definition) is 5. The van der Waals surface area contributed by atoms with Crippen LogP contribution in [0.1, 0.15) is 5.56 Å². The summed E-state index contributed by atoms with van der Waals surface area (Å²) in [4.78, 5) is 4.40. The Morgan fingerprint density at radius 2 is 2.05 bits per heavy atom. The number of fused-ring (bicyclic) bond motifs is 1. The first-order chi connectivity index (χ1) is 9.65. The van der Waals surface area contributed by atoms with Crippen LogP contribution in [0.3, 0.4) is 0 Å². The molecule has 3 rings (SSSR count). The van der Waals surface area contributed by atoms with E-state index >= 15 is 0 Å². The first kappa shape index (κ1) is 13.7. The Kier molecular flexibility index (Phi) is 3.82. The Morgan fingerprint density at radius 3 is 2.90 bits per heavy atom. The first-order valence-corrected chi connectivity index (χ1v) is 7.90. The number of rotatable bonds is 2. The number of phenols is 1. The second kappa shape index (κ2) is 5.59. The van der Waals surface area contributed by atoms with Crippen LogP contribution in [0, 0.1) is 0 Å². The van der Waals surface area contributed by atoms with E-state index in [9.17, 15) is 5.11 Å². The molecule has 0 amide bonds. The van der Waals surface area contributed by atoms with Gasteiger partial charge in [-0.15, -0.1) is 0 Å². The Balaban J connectivity index is 2.05. The zero-order chi connectivity index (χ0) is 14.1. The second-order valence-corrected chi connectivity index (χ2v) is 6.29. The van der Waals surface area contributed by atoms with Crippen LogP contribution in [0.5, 0.6) is 5.75 Å². The smallest absolute Gasteiger partial charge is 0.138 e. The summed E-state index contributed by atoms with van der Waals surface area (Å²) in [7, 11) is 0. The molecule has 1 aromatic heterocycles. The Hall–Kier alpha value is -1.31. The molecule has 0 bridgehead atoms. The van der Waals surface area contributed by atoms with Gasteiger partial charge in [-0.05, 0) is 40.2 Å². The highest BCUT2D eigenvalue weighted by Gasteiger charge is 2.07. The summed E-state index contributed by atoms with van der Waals surface area (Å²) in [5.41, 5.74) is 2.93. The maximum Gasteiger partial charge on any atom is 0.138 e. The van der Waals surface area contributed by atoms with E-state index < -0.39 is 0 Å². The SMILES string of the molecule is Oc1c(Br)cc(Br)cc1/C=N/c1cccc2nsnc12. The van der Waals surface area contributed by atoms with Crippen molar-refractivity contribution in [2.45, 2.75) is 0 Å². The van der Waals surface area contributed by atoms with Crippen molar-refractivity contribution in [3.63, 3.8) is 0 Å². The number of aromatic nitrogens is 2. The highest BCUT2D eigenvalue weighted by molar-refractivity contribution is 9.11. The van der Waals surface area contributed by atoms with Crippen LogP contribution in [-0.4, -0.2) is 20.1 Å². The molecule has 0 aliphatic rings. The zero-order valence-corrected chi connectivity index (χ0v) is 13.9. The van der Waals surface area contributed by atoms with E-state index in [-0.39, 0.29) is 5.75 Å². The van der Waals surface area contributed by atoms with Gasteiger partial charge in [0.25, 0.3) is 0 Å². The minimum absolute atomic E-state index is 0.153. The molecule has 0 aliphatic heterocycles. The van der Waals surface area contributed by atoms with Crippen molar-refractivity contribution >= 4 is 66.5 Å².